The van der Waals surface area contributed by atoms with Gasteiger partial charge in [0.15, 0.2) is 12.2 Å². The van der Waals surface area contributed by atoms with E-state index in [0.29, 0.717) is 0 Å². The minimum atomic E-state index is -1.23. The summed E-state index contributed by atoms with van der Waals surface area (Å²) in [5.41, 5.74) is 0.253. The van der Waals surface area contributed by atoms with Crippen LogP contribution in [0, 0.1) is 0 Å². The summed E-state index contributed by atoms with van der Waals surface area (Å²) in [4.78, 5) is 46.6. The molecule has 1 heterocycles. The van der Waals surface area contributed by atoms with E-state index in [-0.39, 0.29) is 24.5 Å². The first-order valence-corrected chi connectivity index (χ1v) is 9.28. The fourth-order valence-electron chi connectivity index (χ4n) is 2.85. The summed E-state index contributed by atoms with van der Waals surface area (Å²) in [6.07, 6.45) is -4.57. The zero-order valence-electron chi connectivity index (χ0n) is 17.1. The summed E-state index contributed by atoms with van der Waals surface area (Å²) < 4.78 is 32.0. The zero-order chi connectivity index (χ0) is 22.3. The lowest BCUT2D eigenvalue weighted by atomic mass is 10.0. The molecular formula is C20H24O10. The average molecular weight is 424 g/mol. The Morgan fingerprint density at radius 1 is 0.967 bits per heavy atom. The molecule has 1 fully saturated rings. The lowest BCUT2D eigenvalue weighted by Gasteiger charge is -2.40. The topological polar surface area (TPSA) is 124 Å². The molecule has 1 aliphatic heterocycles. The lowest BCUT2D eigenvalue weighted by Crippen LogP contribution is -2.59. The van der Waals surface area contributed by atoms with Crippen LogP contribution in [0.4, 0.5) is 0 Å². The highest BCUT2D eigenvalue weighted by atomic mass is 16.7. The Labute approximate surface area is 173 Å². The van der Waals surface area contributed by atoms with Gasteiger partial charge in [-0.2, -0.15) is 0 Å². The maximum atomic E-state index is 11.9. The third-order valence-electron chi connectivity index (χ3n) is 3.90. The Hall–Kier alpha value is -3.14. The number of hydrogen-bond acceptors (Lipinski definition) is 10. The van der Waals surface area contributed by atoms with E-state index in [2.05, 4.69) is 0 Å². The highest BCUT2D eigenvalue weighted by molar-refractivity contribution is 5.89. The van der Waals surface area contributed by atoms with E-state index in [0.717, 1.165) is 0 Å². The summed E-state index contributed by atoms with van der Waals surface area (Å²) in [6, 6.07) is 6.13. The molecule has 0 unspecified atom stereocenters. The Kier molecular flexibility index (Phi) is 8.16. The molecule has 0 N–H and O–H groups in total. The van der Waals surface area contributed by atoms with Crippen molar-refractivity contribution in [2.24, 2.45) is 0 Å². The van der Waals surface area contributed by atoms with E-state index in [1.165, 1.54) is 26.8 Å². The van der Waals surface area contributed by atoms with Gasteiger partial charge in [0.25, 0.3) is 0 Å². The first-order chi connectivity index (χ1) is 14.2. The van der Waals surface area contributed by atoms with Crippen molar-refractivity contribution in [3.05, 3.63) is 29.8 Å². The summed E-state index contributed by atoms with van der Waals surface area (Å²) in [7, 11) is 0. The normalized spacial score (nSPS) is 23.1. The zero-order valence-corrected chi connectivity index (χ0v) is 17.1. The van der Waals surface area contributed by atoms with Crippen LogP contribution in [0.1, 0.15) is 38.1 Å². The molecule has 10 heteroatoms. The molecule has 1 aromatic carbocycles. The van der Waals surface area contributed by atoms with E-state index in [4.69, 9.17) is 28.4 Å². The number of hydrogen-bond donors (Lipinski definition) is 0. The first-order valence-electron chi connectivity index (χ1n) is 9.28. The maximum Gasteiger partial charge on any atom is 0.338 e. The van der Waals surface area contributed by atoms with Crippen molar-refractivity contribution in [2.75, 3.05) is 13.2 Å². The molecule has 0 aromatic heterocycles. The van der Waals surface area contributed by atoms with Crippen molar-refractivity contribution < 1.29 is 47.6 Å². The lowest BCUT2D eigenvalue weighted by molar-refractivity contribution is -0.259. The van der Waals surface area contributed by atoms with Gasteiger partial charge in [-0.25, -0.2) is 4.79 Å². The molecule has 0 bridgehead atoms. The van der Waals surface area contributed by atoms with E-state index in [1.807, 2.05) is 0 Å². The van der Waals surface area contributed by atoms with Crippen LogP contribution >= 0.6 is 0 Å². The monoisotopic (exact) mass is 424 g/mol. The largest absolute Gasteiger partial charge is 0.462 e. The van der Waals surface area contributed by atoms with Gasteiger partial charge in [0, 0.05) is 20.8 Å². The van der Waals surface area contributed by atoms with Crippen molar-refractivity contribution in [2.45, 2.75) is 52.3 Å². The van der Waals surface area contributed by atoms with Crippen LogP contribution < -0.4 is 4.74 Å². The number of esters is 4. The van der Waals surface area contributed by atoms with Crippen molar-refractivity contribution >= 4 is 23.9 Å². The van der Waals surface area contributed by atoms with Gasteiger partial charge in [-0.05, 0) is 25.1 Å². The number of ether oxygens (including phenoxy) is 6. The number of carbonyl (C=O) groups excluding carboxylic acids is 4. The van der Waals surface area contributed by atoms with Crippen molar-refractivity contribution in [1.82, 2.24) is 0 Å². The number of rotatable bonds is 7. The van der Waals surface area contributed by atoms with Gasteiger partial charge in [0.2, 0.25) is 12.4 Å². The third-order valence-corrected chi connectivity index (χ3v) is 3.90. The molecule has 1 saturated heterocycles. The fraction of sp³-hybridized carbons (Fsp3) is 0.500. The van der Waals surface area contributed by atoms with E-state index >= 15 is 0 Å². The van der Waals surface area contributed by atoms with E-state index in [9.17, 15) is 19.2 Å². The summed E-state index contributed by atoms with van der Waals surface area (Å²) >= 11 is 0. The molecule has 0 spiro atoms. The molecule has 1 aliphatic rings. The highest BCUT2D eigenvalue weighted by Gasteiger charge is 2.48. The highest BCUT2D eigenvalue weighted by Crippen LogP contribution is 2.27. The van der Waals surface area contributed by atoms with Crippen molar-refractivity contribution in [3.63, 3.8) is 0 Å². The summed E-state index contributed by atoms with van der Waals surface area (Å²) in [5, 5.41) is 0. The van der Waals surface area contributed by atoms with Crippen LogP contribution in [0.2, 0.25) is 0 Å². The molecule has 2 rings (SSSR count). The van der Waals surface area contributed by atoms with Crippen LogP contribution in [0.3, 0.4) is 0 Å². The van der Waals surface area contributed by atoms with E-state index < -0.39 is 48.5 Å². The van der Waals surface area contributed by atoms with Crippen LogP contribution in [0.15, 0.2) is 24.3 Å². The minimum Gasteiger partial charge on any atom is -0.462 e. The van der Waals surface area contributed by atoms with Crippen LogP contribution in [-0.2, 0) is 38.1 Å². The molecule has 30 heavy (non-hydrogen) atoms. The van der Waals surface area contributed by atoms with Crippen LogP contribution in [-0.4, -0.2) is 61.7 Å². The van der Waals surface area contributed by atoms with Gasteiger partial charge in [0.05, 0.1) is 18.8 Å². The fourth-order valence-corrected chi connectivity index (χ4v) is 2.85. The second kappa shape index (κ2) is 10.6. The van der Waals surface area contributed by atoms with Gasteiger partial charge in [-0.3, -0.25) is 14.4 Å². The molecule has 164 valence electrons. The summed E-state index contributed by atoms with van der Waals surface area (Å²) in [5.74, 6) is -2.27. The van der Waals surface area contributed by atoms with Gasteiger partial charge in [-0.15, -0.1) is 0 Å². The third kappa shape index (κ3) is 6.45. The number of benzene rings is 1. The number of carbonyl (C=O) groups is 4. The quantitative estimate of drug-likeness (QED) is 0.468. The standard InChI is InChI=1S/C20H24O10/c1-5-25-19(24)14-7-6-8-15(9-14)30-20-18(29-13(4)23)17(28-12(3)22)16(10-26-20)27-11(2)21/h6-9,16-18,20H,5,10H2,1-4H3/t16-,17+,18+,20+/m1/s1. The van der Waals surface area contributed by atoms with Gasteiger partial charge >= 0.3 is 23.9 Å². The predicted molar refractivity (Wildman–Crippen MR) is 99.4 cm³/mol. The molecule has 1 aromatic rings. The Morgan fingerprint density at radius 3 is 2.20 bits per heavy atom. The maximum absolute atomic E-state index is 11.9. The predicted octanol–water partition coefficient (Wildman–Crippen LogP) is 1.39. The Bertz CT molecular complexity index is 790. The van der Waals surface area contributed by atoms with Crippen molar-refractivity contribution in [1.29, 1.82) is 0 Å². The molecular weight excluding hydrogens is 400 g/mol. The van der Waals surface area contributed by atoms with Gasteiger partial charge < -0.3 is 28.4 Å². The van der Waals surface area contributed by atoms with Crippen molar-refractivity contribution in [3.8, 4) is 5.75 Å². The van der Waals surface area contributed by atoms with Gasteiger partial charge in [0.1, 0.15) is 5.75 Å². The first kappa shape index (κ1) is 23.1. The minimum absolute atomic E-state index is 0.169. The molecule has 4 atom stereocenters. The smallest absolute Gasteiger partial charge is 0.338 e. The van der Waals surface area contributed by atoms with Crippen LogP contribution in [0.5, 0.6) is 5.75 Å². The average Bonchev–Trinajstić information content (AvgIpc) is 2.65. The van der Waals surface area contributed by atoms with Crippen LogP contribution in [0.25, 0.3) is 0 Å². The Balaban J connectivity index is 2.28. The van der Waals surface area contributed by atoms with Gasteiger partial charge in [-0.1, -0.05) is 6.07 Å². The second-order valence-corrected chi connectivity index (χ2v) is 6.36. The van der Waals surface area contributed by atoms with E-state index in [1.54, 1.807) is 25.1 Å². The molecule has 0 saturated carbocycles. The SMILES string of the molecule is CCOC(=O)c1cccc(O[C@@H]2OC[C@@H](OC(C)=O)[C@H](OC(C)=O)[C@@H]2OC(C)=O)c1. The molecule has 10 nitrogen and oxygen atoms in total. The Morgan fingerprint density at radius 2 is 1.60 bits per heavy atom. The molecule has 0 aliphatic carbocycles. The second-order valence-electron chi connectivity index (χ2n) is 6.36. The summed E-state index contributed by atoms with van der Waals surface area (Å²) in [6.45, 7) is 5.26. The molecule has 0 radical (unpaired) electrons. The molecule has 0 amide bonds.